The first-order valence-corrected chi connectivity index (χ1v) is 6.39. The summed E-state index contributed by atoms with van der Waals surface area (Å²) in [6.45, 7) is 2.06. The smallest absolute Gasteiger partial charge is 0.153 e. The van der Waals surface area contributed by atoms with Crippen LogP contribution in [0, 0.1) is 6.92 Å². The second-order valence-electron chi connectivity index (χ2n) is 4.57. The number of aryl methyl sites for hydroxylation is 1. The number of aromatic nitrogens is 3. The van der Waals surface area contributed by atoms with Gasteiger partial charge < -0.3 is 0 Å². The van der Waals surface area contributed by atoms with E-state index in [0.29, 0.717) is 11.8 Å². The maximum absolute atomic E-state index is 5.96. The lowest BCUT2D eigenvalue weighted by molar-refractivity contribution is 0.780. The summed E-state index contributed by atoms with van der Waals surface area (Å²) < 4.78 is 1.95. The zero-order valence-electron chi connectivity index (χ0n) is 9.73. The summed E-state index contributed by atoms with van der Waals surface area (Å²) in [6, 6.07) is 4.04. The van der Waals surface area contributed by atoms with Crippen molar-refractivity contribution in [3.8, 4) is 5.82 Å². The molecule has 17 heavy (non-hydrogen) atoms. The van der Waals surface area contributed by atoms with Crippen molar-refractivity contribution in [2.24, 2.45) is 0 Å². The molecule has 0 aromatic carbocycles. The van der Waals surface area contributed by atoms with Crippen LogP contribution in [0.1, 0.15) is 35.6 Å². The fourth-order valence-corrected chi connectivity index (χ4v) is 2.31. The molecule has 2 aromatic rings. The Morgan fingerprint density at radius 2 is 2.29 bits per heavy atom. The molecule has 1 aliphatic rings. The van der Waals surface area contributed by atoms with Crippen molar-refractivity contribution in [1.29, 1.82) is 0 Å². The fourth-order valence-electron chi connectivity index (χ4n) is 2.11. The average Bonchev–Trinajstić information content (AvgIpc) is 3.08. The molecule has 3 rings (SSSR count). The van der Waals surface area contributed by atoms with Crippen molar-refractivity contribution >= 4 is 11.6 Å². The van der Waals surface area contributed by atoms with Crippen molar-refractivity contribution in [3.05, 3.63) is 41.3 Å². The molecule has 2 heterocycles. The van der Waals surface area contributed by atoms with Gasteiger partial charge in [-0.05, 0) is 37.5 Å². The molecule has 1 aliphatic carbocycles. The van der Waals surface area contributed by atoms with E-state index in [1.165, 1.54) is 24.1 Å². The van der Waals surface area contributed by atoms with Crippen molar-refractivity contribution < 1.29 is 0 Å². The van der Waals surface area contributed by atoms with E-state index < -0.39 is 0 Å². The van der Waals surface area contributed by atoms with Gasteiger partial charge in [0.15, 0.2) is 5.82 Å². The normalized spacial score (nSPS) is 15.2. The Morgan fingerprint density at radius 1 is 1.47 bits per heavy atom. The van der Waals surface area contributed by atoms with E-state index >= 15 is 0 Å². The number of hydrogen-bond donors (Lipinski definition) is 0. The van der Waals surface area contributed by atoms with Gasteiger partial charge in [-0.25, -0.2) is 9.67 Å². The highest BCUT2D eigenvalue weighted by molar-refractivity contribution is 6.17. The van der Waals surface area contributed by atoms with Gasteiger partial charge in [-0.1, -0.05) is 0 Å². The van der Waals surface area contributed by atoms with Gasteiger partial charge in [-0.15, -0.1) is 11.6 Å². The van der Waals surface area contributed by atoms with Crippen LogP contribution in [0.2, 0.25) is 0 Å². The summed E-state index contributed by atoms with van der Waals surface area (Å²) in [5, 5.41) is 4.43. The van der Waals surface area contributed by atoms with E-state index in [-0.39, 0.29) is 0 Å². The Kier molecular flexibility index (Phi) is 2.63. The number of rotatable bonds is 3. The predicted octanol–water partition coefficient (Wildman–Crippen LogP) is 3.19. The van der Waals surface area contributed by atoms with Gasteiger partial charge in [0, 0.05) is 17.7 Å². The van der Waals surface area contributed by atoms with E-state index in [0.717, 1.165) is 11.4 Å². The predicted molar refractivity (Wildman–Crippen MR) is 67.6 cm³/mol. The Morgan fingerprint density at radius 3 is 2.94 bits per heavy atom. The second-order valence-corrected chi connectivity index (χ2v) is 4.83. The SMILES string of the molecule is Cc1ccnc(-n2ncc(CCl)c2C2CC2)c1. The average molecular weight is 248 g/mol. The van der Waals surface area contributed by atoms with Crippen LogP contribution in [0.3, 0.4) is 0 Å². The van der Waals surface area contributed by atoms with E-state index in [2.05, 4.69) is 23.1 Å². The van der Waals surface area contributed by atoms with Gasteiger partial charge >= 0.3 is 0 Å². The van der Waals surface area contributed by atoms with Crippen LogP contribution in [-0.4, -0.2) is 14.8 Å². The Balaban J connectivity index is 2.11. The molecular weight excluding hydrogens is 234 g/mol. The number of pyridine rings is 1. The molecule has 0 unspecified atom stereocenters. The molecule has 0 spiro atoms. The maximum Gasteiger partial charge on any atom is 0.153 e. The van der Waals surface area contributed by atoms with Crippen molar-refractivity contribution in [1.82, 2.24) is 14.8 Å². The number of nitrogens with zero attached hydrogens (tertiary/aromatic N) is 3. The first kappa shape index (κ1) is 10.8. The molecule has 0 bridgehead atoms. The zero-order valence-corrected chi connectivity index (χ0v) is 10.5. The minimum atomic E-state index is 0.525. The van der Waals surface area contributed by atoms with Gasteiger partial charge in [0.25, 0.3) is 0 Å². The van der Waals surface area contributed by atoms with Crippen molar-refractivity contribution in [3.63, 3.8) is 0 Å². The molecule has 0 N–H and O–H groups in total. The van der Waals surface area contributed by atoms with Gasteiger partial charge in [0.05, 0.1) is 17.8 Å². The Hall–Kier alpha value is -1.35. The fraction of sp³-hybridized carbons (Fsp3) is 0.385. The zero-order chi connectivity index (χ0) is 11.8. The maximum atomic E-state index is 5.96. The van der Waals surface area contributed by atoms with E-state index in [4.69, 9.17) is 11.6 Å². The standard InChI is InChI=1S/C13H14ClN3/c1-9-4-5-15-12(6-9)17-13(10-2-3-10)11(7-14)8-16-17/h4-6,8,10H,2-3,7H2,1H3. The van der Waals surface area contributed by atoms with Gasteiger partial charge in [-0.2, -0.15) is 5.10 Å². The lowest BCUT2D eigenvalue weighted by Gasteiger charge is -2.07. The van der Waals surface area contributed by atoms with Crippen molar-refractivity contribution in [2.75, 3.05) is 0 Å². The van der Waals surface area contributed by atoms with Crippen LogP contribution < -0.4 is 0 Å². The molecule has 0 aliphatic heterocycles. The number of alkyl halides is 1. The third-order valence-electron chi connectivity index (χ3n) is 3.11. The summed E-state index contributed by atoms with van der Waals surface area (Å²) in [6.07, 6.45) is 6.16. The Bertz CT molecular complexity index is 543. The first-order valence-electron chi connectivity index (χ1n) is 5.85. The second kappa shape index (κ2) is 4.15. The van der Waals surface area contributed by atoms with E-state index in [1.807, 2.05) is 23.1 Å². The van der Waals surface area contributed by atoms with Crippen LogP contribution in [0.15, 0.2) is 24.5 Å². The number of halogens is 1. The summed E-state index contributed by atoms with van der Waals surface area (Å²) in [5.41, 5.74) is 3.58. The highest BCUT2D eigenvalue weighted by Crippen LogP contribution is 2.42. The lowest BCUT2D eigenvalue weighted by Crippen LogP contribution is -2.04. The Labute approximate surface area is 105 Å². The quantitative estimate of drug-likeness (QED) is 0.780. The lowest BCUT2D eigenvalue weighted by atomic mass is 10.2. The van der Waals surface area contributed by atoms with E-state index in [1.54, 1.807) is 0 Å². The summed E-state index contributed by atoms with van der Waals surface area (Å²) in [4.78, 5) is 4.39. The third-order valence-corrected chi connectivity index (χ3v) is 3.40. The monoisotopic (exact) mass is 247 g/mol. The van der Waals surface area contributed by atoms with Crippen molar-refractivity contribution in [2.45, 2.75) is 31.6 Å². The first-order chi connectivity index (χ1) is 8.29. The van der Waals surface area contributed by atoms with Crippen LogP contribution in [0.5, 0.6) is 0 Å². The molecule has 0 saturated heterocycles. The molecule has 3 nitrogen and oxygen atoms in total. The molecule has 0 radical (unpaired) electrons. The number of hydrogen-bond acceptors (Lipinski definition) is 2. The minimum absolute atomic E-state index is 0.525. The minimum Gasteiger partial charge on any atom is -0.237 e. The molecular formula is C13H14ClN3. The molecule has 1 saturated carbocycles. The highest BCUT2D eigenvalue weighted by Gasteiger charge is 2.30. The van der Waals surface area contributed by atoms with Crippen LogP contribution in [0.4, 0.5) is 0 Å². The van der Waals surface area contributed by atoms with Gasteiger partial charge in [-0.3, -0.25) is 0 Å². The molecule has 1 fully saturated rings. The third kappa shape index (κ3) is 1.95. The van der Waals surface area contributed by atoms with Gasteiger partial charge in [0.2, 0.25) is 0 Å². The molecule has 2 aromatic heterocycles. The molecule has 4 heteroatoms. The van der Waals surface area contributed by atoms with Gasteiger partial charge in [0.1, 0.15) is 0 Å². The summed E-state index contributed by atoms with van der Waals surface area (Å²) >= 11 is 5.96. The summed E-state index contributed by atoms with van der Waals surface area (Å²) in [7, 11) is 0. The van der Waals surface area contributed by atoms with Crippen LogP contribution >= 0.6 is 11.6 Å². The molecule has 0 atom stereocenters. The van der Waals surface area contributed by atoms with E-state index in [9.17, 15) is 0 Å². The largest absolute Gasteiger partial charge is 0.237 e. The highest BCUT2D eigenvalue weighted by atomic mass is 35.5. The summed E-state index contributed by atoms with van der Waals surface area (Å²) in [5.74, 6) is 2.04. The molecule has 88 valence electrons. The van der Waals surface area contributed by atoms with Crippen LogP contribution in [-0.2, 0) is 5.88 Å². The van der Waals surface area contributed by atoms with Crippen LogP contribution in [0.25, 0.3) is 5.82 Å². The topological polar surface area (TPSA) is 30.7 Å². The molecule has 0 amide bonds.